The molecule has 0 saturated carbocycles. The van der Waals surface area contributed by atoms with Crippen molar-refractivity contribution in [3.8, 4) is 0 Å². The predicted octanol–water partition coefficient (Wildman–Crippen LogP) is 3.52. The lowest BCUT2D eigenvalue weighted by Crippen LogP contribution is -2.31. The van der Waals surface area contributed by atoms with Gasteiger partial charge in [-0.3, -0.25) is 25.0 Å². The van der Waals surface area contributed by atoms with Gasteiger partial charge in [0.25, 0.3) is 11.4 Å². The summed E-state index contributed by atoms with van der Waals surface area (Å²) in [5.74, 6) is -0.180. The fourth-order valence-electron chi connectivity index (χ4n) is 2.60. The lowest BCUT2D eigenvalue weighted by molar-refractivity contribution is -0.385. The number of amides is 1. The highest BCUT2D eigenvalue weighted by molar-refractivity contribution is 5.77. The van der Waals surface area contributed by atoms with Gasteiger partial charge in [-0.05, 0) is 18.6 Å². The van der Waals surface area contributed by atoms with Gasteiger partial charge in [0.1, 0.15) is 5.69 Å². The van der Waals surface area contributed by atoms with Crippen molar-refractivity contribution in [2.24, 2.45) is 0 Å². The van der Waals surface area contributed by atoms with Crippen molar-refractivity contribution in [1.29, 1.82) is 0 Å². The summed E-state index contributed by atoms with van der Waals surface area (Å²) in [6.07, 6.45) is 0.127. The van der Waals surface area contributed by atoms with Crippen molar-refractivity contribution in [3.05, 3.63) is 74.3 Å². The molecule has 27 heavy (non-hydrogen) atoms. The number of rotatable bonds is 8. The van der Waals surface area contributed by atoms with Crippen LogP contribution in [0.2, 0.25) is 0 Å². The number of hydrogen-bond donors (Lipinski definition) is 1. The maximum atomic E-state index is 12.4. The van der Waals surface area contributed by atoms with Crippen LogP contribution in [0.4, 0.5) is 17.1 Å². The molecule has 0 aliphatic heterocycles. The average molecular weight is 372 g/mol. The molecule has 2 rings (SSSR count). The van der Waals surface area contributed by atoms with E-state index in [1.807, 2.05) is 0 Å². The Labute approximate surface area is 155 Å². The first kappa shape index (κ1) is 19.8. The molecule has 1 unspecified atom stereocenters. The Morgan fingerprint density at radius 2 is 1.81 bits per heavy atom. The first-order valence-corrected chi connectivity index (χ1v) is 8.28. The number of nitrogens with zero attached hydrogens (tertiary/aromatic N) is 3. The summed E-state index contributed by atoms with van der Waals surface area (Å²) in [6.45, 7) is 2.02. The third kappa shape index (κ3) is 5.00. The normalized spacial score (nSPS) is 11.5. The van der Waals surface area contributed by atoms with Gasteiger partial charge in [-0.2, -0.15) is 0 Å². The number of nitro groups is 2. The molecule has 2 aromatic rings. The molecule has 0 aromatic heterocycles. The molecule has 9 heteroatoms. The number of carbonyl (C=O) groups excluding carboxylic acids is 1. The third-order valence-corrected chi connectivity index (χ3v) is 4.29. The summed E-state index contributed by atoms with van der Waals surface area (Å²) in [5, 5.41) is 24.8. The summed E-state index contributed by atoms with van der Waals surface area (Å²) >= 11 is 0. The second-order valence-electron chi connectivity index (χ2n) is 5.98. The monoisotopic (exact) mass is 372 g/mol. The van der Waals surface area contributed by atoms with E-state index in [2.05, 4.69) is 5.32 Å². The number of nitro benzene ring substituents is 2. The van der Waals surface area contributed by atoms with E-state index in [-0.39, 0.29) is 36.3 Å². The maximum absolute atomic E-state index is 12.4. The van der Waals surface area contributed by atoms with E-state index in [9.17, 15) is 25.0 Å². The number of para-hydroxylation sites is 2. The molecule has 0 heterocycles. The highest BCUT2D eigenvalue weighted by Gasteiger charge is 2.19. The van der Waals surface area contributed by atoms with Gasteiger partial charge in [0.15, 0.2) is 0 Å². The predicted molar refractivity (Wildman–Crippen MR) is 100 cm³/mol. The average Bonchev–Trinajstić information content (AvgIpc) is 2.67. The van der Waals surface area contributed by atoms with Gasteiger partial charge in [-0.25, -0.2) is 0 Å². The largest absolute Gasteiger partial charge is 0.379 e. The van der Waals surface area contributed by atoms with Gasteiger partial charge in [0.05, 0.1) is 15.9 Å². The molecular formula is C18H20N4O5. The van der Waals surface area contributed by atoms with E-state index >= 15 is 0 Å². The van der Waals surface area contributed by atoms with Crippen LogP contribution in [-0.2, 0) is 4.79 Å². The van der Waals surface area contributed by atoms with Crippen LogP contribution < -0.4 is 5.32 Å². The quantitative estimate of drug-likeness (QED) is 0.559. The van der Waals surface area contributed by atoms with E-state index in [1.165, 1.54) is 23.1 Å². The van der Waals surface area contributed by atoms with E-state index < -0.39 is 9.85 Å². The van der Waals surface area contributed by atoms with Crippen LogP contribution in [0.1, 0.15) is 24.9 Å². The Morgan fingerprint density at radius 3 is 2.48 bits per heavy atom. The topological polar surface area (TPSA) is 119 Å². The smallest absolute Gasteiger partial charge is 0.292 e. The lowest BCUT2D eigenvalue weighted by Gasteiger charge is -2.25. The maximum Gasteiger partial charge on any atom is 0.292 e. The number of nitrogens with one attached hydrogen (secondary N) is 1. The van der Waals surface area contributed by atoms with E-state index in [4.69, 9.17) is 0 Å². The first-order chi connectivity index (χ1) is 12.8. The summed E-state index contributed by atoms with van der Waals surface area (Å²) in [4.78, 5) is 34.8. The van der Waals surface area contributed by atoms with Gasteiger partial charge in [-0.1, -0.05) is 24.3 Å². The minimum atomic E-state index is -0.485. The highest BCUT2D eigenvalue weighted by atomic mass is 16.6. The molecule has 0 aliphatic carbocycles. The number of benzene rings is 2. The molecule has 1 N–H and O–H groups in total. The number of non-ortho nitro benzene ring substituents is 1. The number of hydrogen-bond acceptors (Lipinski definition) is 6. The minimum absolute atomic E-state index is 0.0294. The minimum Gasteiger partial charge on any atom is -0.379 e. The zero-order valence-corrected chi connectivity index (χ0v) is 15.0. The molecule has 0 radical (unpaired) electrons. The molecule has 2 aromatic carbocycles. The first-order valence-electron chi connectivity index (χ1n) is 8.28. The van der Waals surface area contributed by atoms with Crippen LogP contribution >= 0.6 is 0 Å². The van der Waals surface area contributed by atoms with Crippen LogP contribution in [0.5, 0.6) is 0 Å². The summed E-state index contributed by atoms with van der Waals surface area (Å²) in [6, 6.07) is 12.0. The standard InChI is InChI=1S/C18H20N4O5/c1-13(14-6-5-7-15(12-14)21(24)25)20(2)18(23)10-11-19-16-8-3-4-9-17(16)22(26)27/h3-9,12-13,19H,10-11H2,1-2H3. The van der Waals surface area contributed by atoms with E-state index in [1.54, 1.807) is 44.3 Å². The Kier molecular flexibility index (Phi) is 6.42. The number of carbonyl (C=O) groups is 1. The fraction of sp³-hybridized carbons (Fsp3) is 0.278. The van der Waals surface area contributed by atoms with Crippen molar-refractivity contribution >= 4 is 23.0 Å². The van der Waals surface area contributed by atoms with Crippen LogP contribution in [0, 0.1) is 20.2 Å². The molecule has 0 saturated heterocycles. The summed E-state index contributed by atoms with van der Waals surface area (Å²) in [7, 11) is 1.62. The fourth-order valence-corrected chi connectivity index (χ4v) is 2.60. The zero-order chi connectivity index (χ0) is 20.0. The molecule has 1 atom stereocenters. The van der Waals surface area contributed by atoms with Crippen molar-refractivity contribution in [2.45, 2.75) is 19.4 Å². The van der Waals surface area contributed by atoms with Crippen molar-refractivity contribution in [1.82, 2.24) is 4.90 Å². The molecule has 0 fully saturated rings. The molecule has 1 amide bonds. The summed E-state index contributed by atoms with van der Waals surface area (Å²) < 4.78 is 0. The molecular weight excluding hydrogens is 352 g/mol. The van der Waals surface area contributed by atoms with Gasteiger partial charge >= 0.3 is 0 Å². The second kappa shape index (κ2) is 8.75. The Balaban J connectivity index is 1.97. The van der Waals surface area contributed by atoms with Crippen molar-refractivity contribution in [3.63, 3.8) is 0 Å². The van der Waals surface area contributed by atoms with Crippen LogP contribution in [-0.4, -0.2) is 34.2 Å². The van der Waals surface area contributed by atoms with Crippen molar-refractivity contribution in [2.75, 3.05) is 18.9 Å². The third-order valence-electron chi connectivity index (χ3n) is 4.29. The molecule has 0 aliphatic rings. The van der Waals surface area contributed by atoms with E-state index in [0.717, 1.165) is 0 Å². The SMILES string of the molecule is CC(c1cccc([N+](=O)[O-])c1)N(C)C(=O)CCNc1ccccc1[N+](=O)[O-]. The molecule has 142 valence electrons. The Bertz CT molecular complexity index is 855. The van der Waals surface area contributed by atoms with Gasteiger partial charge in [-0.15, -0.1) is 0 Å². The Morgan fingerprint density at radius 1 is 1.11 bits per heavy atom. The van der Waals surface area contributed by atoms with Gasteiger partial charge < -0.3 is 10.2 Å². The van der Waals surface area contributed by atoms with Crippen LogP contribution in [0.3, 0.4) is 0 Å². The van der Waals surface area contributed by atoms with E-state index in [0.29, 0.717) is 11.3 Å². The van der Waals surface area contributed by atoms with Crippen molar-refractivity contribution < 1.29 is 14.6 Å². The second-order valence-corrected chi connectivity index (χ2v) is 5.98. The van der Waals surface area contributed by atoms with Crippen LogP contribution in [0.15, 0.2) is 48.5 Å². The van der Waals surface area contributed by atoms with Gasteiger partial charge in [0.2, 0.25) is 5.91 Å². The van der Waals surface area contributed by atoms with Gasteiger partial charge in [0, 0.05) is 38.2 Å². The molecule has 0 spiro atoms. The molecule has 0 bridgehead atoms. The number of anilines is 1. The lowest BCUT2D eigenvalue weighted by atomic mass is 10.1. The zero-order valence-electron chi connectivity index (χ0n) is 15.0. The molecule has 9 nitrogen and oxygen atoms in total. The van der Waals surface area contributed by atoms with Crippen LogP contribution in [0.25, 0.3) is 0 Å². The Hall–Kier alpha value is -3.49. The summed E-state index contributed by atoms with van der Waals surface area (Å²) in [5.41, 5.74) is 0.929. The highest BCUT2D eigenvalue weighted by Crippen LogP contribution is 2.25.